The Kier molecular flexibility index (Phi) is 2.10. The molecule has 3 heteroatoms. The molecule has 2 aliphatic carbocycles. The first-order valence-electron chi connectivity index (χ1n) is 6.82. The number of aromatic nitrogens is 2. The van der Waals surface area contributed by atoms with Gasteiger partial charge in [0.1, 0.15) is 0 Å². The van der Waals surface area contributed by atoms with Crippen LogP contribution in [0.1, 0.15) is 25.7 Å². The molecular weight excluding hydrogens is 222 g/mol. The molecule has 0 atom stereocenters. The predicted molar refractivity (Wildman–Crippen MR) is 72.4 cm³/mol. The molecule has 18 heavy (non-hydrogen) atoms. The molecule has 1 N–H and O–H groups in total. The average molecular weight is 239 g/mol. The number of nitrogens with one attached hydrogen (secondary N) is 1. The third-order valence-corrected chi connectivity index (χ3v) is 4.51. The zero-order valence-corrected chi connectivity index (χ0v) is 10.4. The van der Waals surface area contributed by atoms with Crippen LogP contribution in [0, 0.1) is 11.3 Å². The van der Waals surface area contributed by atoms with Gasteiger partial charge in [-0.2, -0.15) is 10.2 Å². The van der Waals surface area contributed by atoms with Crippen LogP contribution in [0.15, 0.2) is 30.5 Å². The van der Waals surface area contributed by atoms with Gasteiger partial charge in [0.05, 0.1) is 17.4 Å². The van der Waals surface area contributed by atoms with Gasteiger partial charge in [0.2, 0.25) is 0 Å². The summed E-state index contributed by atoms with van der Waals surface area (Å²) in [7, 11) is 0. The summed E-state index contributed by atoms with van der Waals surface area (Å²) < 4.78 is 0. The molecule has 2 fully saturated rings. The first-order chi connectivity index (χ1) is 8.87. The minimum absolute atomic E-state index is 0.615. The van der Waals surface area contributed by atoms with Crippen molar-refractivity contribution in [2.24, 2.45) is 11.3 Å². The summed E-state index contributed by atoms with van der Waals surface area (Å²) >= 11 is 0. The second-order valence-electron chi connectivity index (χ2n) is 5.77. The van der Waals surface area contributed by atoms with Crippen molar-refractivity contribution in [3.05, 3.63) is 30.5 Å². The highest BCUT2D eigenvalue weighted by molar-refractivity contribution is 5.90. The number of hydrogen-bond acceptors (Lipinski definition) is 3. The molecule has 2 saturated carbocycles. The topological polar surface area (TPSA) is 37.8 Å². The lowest BCUT2D eigenvalue weighted by atomic mass is 10.0. The molecule has 2 aromatic rings. The fraction of sp³-hybridized carbons (Fsp3) is 0.467. The second kappa shape index (κ2) is 3.67. The van der Waals surface area contributed by atoms with Gasteiger partial charge in [-0.25, -0.2) is 0 Å². The maximum atomic E-state index is 4.16. The Morgan fingerprint density at radius 3 is 2.83 bits per heavy atom. The van der Waals surface area contributed by atoms with Crippen LogP contribution in [0.3, 0.4) is 0 Å². The number of fused-ring (bicyclic) bond motifs is 1. The number of anilines is 1. The van der Waals surface area contributed by atoms with Crippen molar-refractivity contribution in [1.29, 1.82) is 0 Å². The average Bonchev–Trinajstić information content (AvgIpc) is 3.28. The SMILES string of the molecule is c1ccc2c(NCC3(C4CC4)CC3)cnnc2c1. The zero-order valence-electron chi connectivity index (χ0n) is 10.4. The van der Waals surface area contributed by atoms with Crippen LogP contribution in [0.4, 0.5) is 5.69 Å². The summed E-state index contributed by atoms with van der Waals surface area (Å²) in [5.41, 5.74) is 2.72. The number of benzene rings is 1. The lowest BCUT2D eigenvalue weighted by molar-refractivity contribution is 0.467. The van der Waals surface area contributed by atoms with E-state index in [0.717, 1.165) is 23.7 Å². The van der Waals surface area contributed by atoms with Gasteiger partial charge in [-0.05, 0) is 43.1 Å². The minimum Gasteiger partial charge on any atom is -0.383 e. The van der Waals surface area contributed by atoms with Gasteiger partial charge >= 0.3 is 0 Å². The van der Waals surface area contributed by atoms with Crippen molar-refractivity contribution >= 4 is 16.6 Å². The highest BCUT2D eigenvalue weighted by Gasteiger charge is 2.53. The van der Waals surface area contributed by atoms with Crippen molar-refractivity contribution in [3.63, 3.8) is 0 Å². The van der Waals surface area contributed by atoms with E-state index in [4.69, 9.17) is 0 Å². The van der Waals surface area contributed by atoms with Gasteiger partial charge in [-0.3, -0.25) is 0 Å². The fourth-order valence-corrected chi connectivity index (χ4v) is 3.00. The van der Waals surface area contributed by atoms with Gasteiger partial charge in [0.15, 0.2) is 0 Å². The molecule has 0 aliphatic heterocycles. The lowest BCUT2D eigenvalue weighted by Crippen LogP contribution is -2.17. The molecule has 0 unspecified atom stereocenters. The predicted octanol–water partition coefficient (Wildman–Crippen LogP) is 3.23. The highest BCUT2D eigenvalue weighted by Crippen LogP contribution is 2.61. The van der Waals surface area contributed by atoms with Crippen molar-refractivity contribution in [2.45, 2.75) is 25.7 Å². The van der Waals surface area contributed by atoms with Crippen molar-refractivity contribution in [1.82, 2.24) is 10.2 Å². The summed E-state index contributed by atoms with van der Waals surface area (Å²) in [6.07, 6.45) is 7.54. The Hall–Kier alpha value is -1.64. The van der Waals surface area contributed by atoms with E-state index in [1.807, 2.05) is 18.3 Å². The van der Waals surface area contributed by atoms with Crippen molar-refractivity contribution in [2.75, 3.05) is 11.9 Å². The van der Waals surface area contributed by atoms with E-state index in [0.29, 0.717) is 5.41 Å². The van der Waals surface area contributed by atoms with Crippen molar-refractivity contribution in [3.8, 4) is 0 Å². The second-order valence-corrected chi connectivity index (χ2v) is 5.77. The van der Waals surface area contributed by atoms with Crippen LogP contribution < -0.4 is 5.32 Å². The molecule has 3 nitrogen and oxygen atoms in total. The Morgan fingerprint density at radius 2 is 2.06 bits per heavy atom. The van der Waals surface area contributed by atoms with Gasteiger partial charge in [-0.1, -0.05) is 18.2 Å². The van der Waals surface area contributed by atoms with E-state index in [9.17, 15) is 0 Å². The van der Waals surface area contributed by atoms with E-state index >= 15 is 0 Å². The van der Waals surface area contributed by atoms with Gasteiger partial charge in [-0.15, -0.1) is 0 Å². The quantitative estimate of drug-likeness (QED) is 0.890. The summed E-state index contributed by atoms with van der Waals surface area (Å²) in [6, 6.07) is 8.20. The molecule has 1 aromatic carbocycles. The summed E-state index contributed by atoms with van der Waals surface area (Å²) in [5.74, 6) is 0.992. The molecule has 4 rings (SSSR count). The van der Waals surface area contributed by atoms with Crippen LogP contribution in [0.5, 0.6) is 0 Å². The van der Waals surface area contributed by atoms with E-state index < -0.39 is 0 Å². The molecule has 0 amide bonds. The molecular formula is C15H17N3. The third-order valence-electron chi connectivity index (χ3n) is 4.51. The van der Waals surface area contributed by atoms with E-state index in [2.05, 4.69) is 27.6 Å². The first kappa shape index (κ1) is 10.3. The molecule has 0 bridgehead atoms. The van der Waals surface area contributed by atoms with E-state index in [1.165, 1.54) is 31.1 Å². The fourth-order valence-electron chi connectivity index (χ4n) is 3.00. The zero-order chi connectivity index (χ0) is 12.0. The van der Waals surface area contributed by atoms with Crippen LogP contribution in [-0.2, 0) is 0 Å². The van der Waals surface area contributed by atoms with Gasteiger partial charge < -0.3 is 5.32 Å². The summed E-state index contributed by atoms with van der Waals surface area (Å²) in [5, 5.41) is 13.0. The molecule has 2 aliphatic rings. The molecule has 92 valence electrons. The normalized spacial score (nSPS) is 20.9. The summed E-state index contributed by atoms with van der Waals surface area (Å²) in [4.78, 5) is 0. The maximum absolute atomic E-state index is 4.16. The Labute approximate surface area is 107 Å². The third kappa shape index (κ3) is 1.65. The standard InChI is InChI=1S/C15H17N3/c1-2-4-13-12(3-1)14(9-17-18-13)16-10-15(7-8-15)11-5-6-11/h1-4,9,11H,5-8,10H2,(H,16,18). The minimum atomic E-state index is 0.615. The Morgan fingerprint density at radius 1 is 1.22 bits per heavy atom. The number of nitrogens with zero attached hydrogens (tertiary/aromatic N) is 2. The van der Waals surface area contributed by atoms with Crippen LogP contribution in [0.2, 0.25) is 0 Å². The number of rotatable bonds is 4. The lowest BCUT2D eigenvalue weighted by Gasteiger charge is -2.16. The van der Waals surface area contributed by atoms with Gasteiger partial charge in [0.25, 0.3) is 0 Å². The highest BCUT2D eigenvalue weighted by atomic mass is 15.1. The number of hydrogen-bond donors (Lipinski definition) is 1. The van der Waals surface area contributed by atoms with E-state index in [-0.39, 0.29) is 0 Å². The van der Waals surface area contributed by atoms with Crippen LogP contribution in [-0.4, -0.2) is 16.7 Å². The summed E-state index contributed by atoms with van der Waals surface area (Å²) in [6.45, 7) is 1.10. The smallest absolute Gasteiger partial charge is 0.0950 e. The Bertz CT molecular complexity index is 580. The van der Waals surface area contributed by atoms with E-state index in [1.54, 1.807) is 0 Å². The van der Waals surface area contributed by atoms with Crippen LogP contribution >= 0.6 is 0 Å². The first-order valence-corrected chi connectivity index (χ1v) is 6.82. The Balaban J connectivity index is 1.59. The molecule has 0 saturated heterocycles. The van der Waals surface area contributed by atoms with Crippen LogP contribution in [0.25, 0.3) is 10.9 Å². The van der Waals surface area contributed by atoms with Crippen molar-refractivity contribution < 1.29 is 0 Å². The monoisotopic (exact) mass is 239 g/mol. The van der Waals surface area contributed by atoms with Gasteiger partial charge in [0, 0.05) is 11.9 Å². The molecule has 1 heterocycles. The maximum Gasteiger partial charge on any atom is 0.0950 e. The largest absolute Gasteiger partial charge is 0.383 e. The molecule has 1 aromatic heterocycles. The molecule has 0 radical (unpaired) electrons. The molecule has 0 spiro atoms.